The molecule has 1 aromatic heterocycles. The summed E-state index contributed by atoms with van der Waals surface area (Å²) in [5.41, 5.74) is 6.61. The van der Waals surface area contributed by atoms with Gasteiger partial charge in [0.2, 0.25) is 5.91 Å². The van der Waals surface area contributed by atoms with Gasteiger partial charge in [-0.2, -0.15) is 0 Å². The predicted octanol–water partition coefficient (Wildman–Crippen LogP) is 0.948. The van der Waals surface area contributed by atoms with Crippen molar-refractivity contribution in [3.05, 3.63) is 30.1 Å². The summed E-state index contributed by atoms with van der Waals surface area (Å²) in [6.45, 7) is 3.66. The van der Waals surface area contributed by atoms with E-state index in [-0.39, 0.29) is 11.9 Å². The lowest BCUT2D eigenvalue weighted by Gasteiger charge is -2.26. The first-order chi connectivity index (χ1) is 7.04. The third-order valence-corrected chi connectivity index (χ3v) is 2.51. The van der Waals surface area contributed by atoms with E-state index in [1.807, 2.05) is 19.1 Å². The van der Waals surface area contributed by atoms with E-state index >= 15 is 0 Å². The normalized spacial score (nSPS) is 14.4. The summed E-state index contributed by atoms with van der Waals surface area (Å²) in [7, 11) is 1.76. The van der Waals surface area contributed by atoms with Crippen LogP contribution >= 0.6 is 0 Å². The molecule has 0 spiro atoms. The van der Waals surface area contributed by atoms with Crippen molar-refractivity contribution in [1.82, 2.24) is 9.88 Å². The summed E-state index contributed by atoms with van der Waals surface area (Å²) in [5.74, 6) is -0.0562. The van der Waals surface area contributed by atoms with E-state index in [1.165, 1.54) is 0 Å². The van der Waals surface area contributed by atoms with Crippen LogP contribution in [0.3, 0.4) is 0 Å². The number of carbonyl (C=O) groups is 1. The van der Waals surface area contributed by atoms with Gasteiger partial charge in [0.1, 0.15) is 0 Å². The predicted molar refractivity (Wildman–Crippen MR) is 59.1 cm³/mol. The Bertz CT molecular complexity index is 324. The minimum atomic E-state index is -0.459. The van der Waals surface area contributed by atoms with Crippen LogP contribution in [-0.2, 0) is 4.79 Å². The lowest BCUT2D eigenvalue weighted by molar-refractivity contribution is -0.132. The molecule has 0 radical (unpaired) electrons. The van der Waals surface area contributed by atoms with Crippen molar-refractivity contribution in [3.8, 4) is 0 Å². The van der Waals surface area contributed by atoms with Crippen molar-refractivity contribution in [3.63, 3.8) is 0 Å². The second-order valence-corrected chi connectivity index (χ2v) is 3.69. The van der Waals surface area contributed by atoms with Gasteiger partial charge in [-0.25, -0.2) is 0 Å². The van der Waals surface area contributed by atoms with Crippen LogP contribution in [-0.4, -0.2) is 28.9 Å². The maximum absolute atomic E-state index is 11.6. The van der Waals surface area contributed by atoms with Gasteiger partial charge in [-0.3, -0.25) is 9.78 Å². The van der Waals surface area contributed by atoms with E-state index in [9.17, 15) is 4.79 Å². The molecule has 2 atom stereocenters. The van der Waals surface area contributed by atoms with Gasteiger partial charge in [-0.15, -0.1) is 0 Å². The van der Waals surface area contributed by atoms with Crippen LogP contribution in [0.4, 0.5) is 0 Å². The minimum absolute atomic E-state index is 0.0199. The van der Waals surface area contributed by atoms with Crippen LogP contribution in [0.15, 0.2) is 24.5 Å². The Hall–Kier alpha value is -1.42. The van der Waals surface area contributed by atoms with E-state index < -0.39 is 6.04 Å². The zero-order valence-corrected chi connectivity index (χ0v) is 9.34. The quantitative estimate of drug-likeness (QED) is 0.802. The van der Waals surface area contributed by atoms with Crippen LogP contribution in [0.2, 0.25) is 0 Å². The number of nitrogens with zero attached hydrogens (tertiary/aromatic N) is 2. The van der Waals surface area contributed by atoms with Gasteiger partial charge >= 0.3 is 0 Å². The Labute approximate surface area is 90.1 Å². The molecule has 0 aliphatic heterocycles. The molecule has 0 aliphatic rings. The fraction of sp³-hybridized carbons (Fsp3) is 0.455. The lowest BCUT2D eigenvalue weighted by atomic mass is 10.1. The number of aromatic nitrogens is 1. The Morgan fingerprint density at radius 1 is 1.40 bits per heavy atom. The fourth-order valence-corrected chi connectivity index (χ4v) is 1.38. The molecule has 82 valence electrons. The summed E-state index contributed by atoms with van der Waals surface area (Å²) >= 11 is 0. The number of amides is 1. The second kappa shape index (κ2) is 4.89. The SMILES string of the molecule is CC(N)C(=O)N(C)C(C)c1ccncc1. The van der Waals surface area contributed by atoms with Crippen molar-refractivity contribution >= 4 is 5.91 Å². The van der Waals surface area contributed by atoms with Crippen LogP contribution in [0.5, 0.6) is 0 Å². The van der Waals surface area contributed by atoms with Crippen molar-refractivity contribution in [2.24, 2.45) is 5.73 Å². The van der Waals surface area contributed by atoms with E-state index in [2.05, 4.69) is 4.98 Å². The van der Waals surface area contributed by atoms with Gasteiger partial charge < -0.3 is 10.6 Å². The molecule has 1 rings (SSSR count). The first-order valence-corrected chi connectivity index (χ1v) is 4.96. The first kappa shape index (κ1) is 11.7. The first-order valence-electron chi connectivity index (χ1n) is 4.96. The van der Waals surface area contributed by atoms with E-state index in [0.717, 1.165) is 5.56 Å². The molecule has 15 heavy (non-hydrogen) atoms. The van der Waals surface area contributed by atoms with Crippen LogP contribution in [0.25, 0.3) is 0 Å². The highest BCUT2D eigenvalue weighted by Gasteiger charge is 2.19. The number of rotatable bonds is 3. The molecular weight excluding hydrogens is 190 g/mol. The van der Waals surface area contributed by atoms with Crippen LogP contribution < -0.4 is 5.73 Å². The Morgan fingerprint density at radius 2 is 1.93 bits per heavy atom. The molecule has 0 saturated heterocycles. The highest BCUT2D eigenvalue weighted by molar-refractivity contribution is 5.81. The van der Waals surface area contributed by atoms with Crippen LogP contribution in [0, 0.1) is 0 Å². The molecule has 4 heteroatoms. The lowest BCUT2D eigenvalue weighted by Crippen LogP contribution is -2.40. The van der Waals surface area contributed by atoms with Gasteiger partial charge in [0.25, 0.3) is 0 Å². The van der Waals surface area contributed by atoms with E-state index in [1.54, 1.807) is 31.3 Å². The van der Waals surface area contributed by atoms with Crippen molar-refractivity contribution < 1.29 is 4.79 Å². The minimum Gasteiger partial charge on any atom is -0.338 e. The van der Waals surface area contributed by atoms with E-state index in [4.69, 9.17) is 5.73 Å². The standard InChI is InChI=1S/C11H17N3O/c1-8(12)11(15)14(3)9(2)10-4-6-13-7-5-10/h4-9H,12H2,1-3H3. The number of hydrogen-bond donors (Lipinski definition) is 1. The highest BCUT2D eigenvalue weighted by atomic mass is 16.2. The molecule has 4 nitrogen and oxygen atoms in total. The van der Waals surface area contributed by atoms with Crippen molar-refractivity contribution in [1.29, 1.82) is 0 Å². The summed E-state index contributed by atoms with van der Waals surface area (Å²) in [6, 6.07) is 3.36. The number of likely N-dealkylation sites (N-methyl/N-ethyl adjacent to an activating group) is 1. The molecular formula is C11H17N3O. The zero-order valence-electron chi connectivity index (χ0n) is 9.34. The molecule has 1 heterocycles. The largest absolute Gasteiger partial charge is 0.338 e. The summed E-state index contributed by atoms with van der Waals surface area (Å²) in [5, 5.41) is 0. The van der Waals surface area contributed by atoms with Crippen molar-refractivity contribution in [2.75, 3.05) is 7.05 Å². The average molecular weight is 207 g/mol. The molecule has 0 fully saturated rings. The van der Waals surface area contributed by atoms with Gasteiger partial charge in [0, 0.05) is 19.4 Å². The second-order valence-electron chi connectivity index (χ2n) is 3.69. The zero-order chi connectivity index (χ0) is 11.4. The highest BCUT2D eigenvalue weighted by Crippen LogP contribution is 2.17. The molecule has 1 aromatic rings. The Balaban J connectivity index is 2.77. The third-order valence-electron chi connectivity index (χ3n) is 2.51. The van der Waals surface area contributed by atoms with Crippen LogP contribution in [0.1, 0.15) is 25.5 Å². The molecule has 2 N–H and O–H groups in total. The van der Waals surface area contributed by atoms with Gasteiger partial charge in [-0.05, 0) is 31.5 Å². The monoisotopic (exact) mass is 207 g/mol. The number of pyridine rings is 1. The number of carbonyl (C=O) groups excluding carboxylic acids is 1. The average Bonchev–Trinajstić information content (AvgIpc) is 2.27. The summed E-state index contributed by atoms with van der Waals surface area (Å²) in [4.78, 5) is 17.2. The molecule has 0 aliphatic carbocycles. The molecule has 2 unspecified atom stereocenters. The Morgan fingerprint density at radius 3 is 2.40 bits per heavy atom. The van der Waals surface area contributed by atoms with Gasteiger partial charge in [-0.1, -0.05) is 0 Å². The number of nitrogens with two attached hydrogens (primary N) is 1. The third kappa shape index (κ3) is 2.76. The maximum atomic E-state index is 11.6. The maximum Gasteiger partial charge on any atom is 0.239 e. The summed E-state index contributed by atoms with van der Waals surface area (Å²) in [6.07, 6.45) is 3.44. The number of hydrogen-bond acceptors (Lipinski definition) is 3. The summed E-state index contributed by atoms with van der Waals surface area (Å²) < 4.78 is 0. The molecule has 1 amide bonds. The molecule has 0 bridgehead atoms. The molecule has 0 aromatic carbocycles. The van der Waals surface area contributed by atoms with Gasteiger partial charge in [0.05, 0.1) is 12.1 Å². The van der Waals surface area contributed by atoms with Gasteiger partial charge in [0.15, 0.2) is 0 Å². The topological polar surface area (TPSA) is 59.2 Å². The smallest absolute Gasteiger partial charge is 0.239 e. The molecule has 0 saturated carbocycles. The van der Waals surface area contributed by atoms with Crippen molar-refractivity contribution in [2.45, 2.75) is 25.9 Å². The van der Waals surface area contributed by atoms with E-state index in [0.29, 0.717) is 0 Å². The Kier molecular flexibility index (Phi) is 3.80. The fourth-order valence-electron chi connectivity index (χ4n) is 1.38.